The summed E-state index contributed by atoms with van der Waals surface area (Å²) in [4.78, 5) is 39.9. The third-order valence-electron chi connectivity index (χ3n) is 7.56. The van der Waals surface area contributed by atoms with Crippen LogP contribution in [0.25, 0.3) is 0 Å². The summed E-state index contributed by atoms with van der Waals surface area (Å²) in [5.74, 6) is -1.30. The first-order valence-electron chi connectivity index (χ1n) is 16.2. The minimum Gasteiger partial charge on any atom is -0.494 e. The van der Waals surface area contributed by atoms with Crippen molar-refractivity contribution in [3.05, 3.63) is 138 Å². The van der Waals surface area contributed by atoms with E-state index in [1.54, 1.807) is 39.5 Å². The monoisotopic (exact) mass is 667 g/mol. The zero-order valence-electron chi connectivity index (χ0n) is 28.3. The summed E-state index contributed by atoms with van der Waals surface area (Å²) >= 11 is 1.55. The average Bonchev–Trinajstić information content (AvgIpc) is 3.08. The highest BCUT2D eigenvalue weighted by Gasteiger charge is 2.39. The van der Waals surface area contributed by atoms with Crippen LogP contribution in [0, 0.1) is 5.92 Å². The zero-order valence-corrected chi connectivity index (χ0v) is 29.1. The van der Waals surface area contributed by atoms with Crippen molar-refractivity contribution in [3.8, 4) is 5.75 Å². The van der Waals surface area contributed by atoms with E-state index in [0.717, 1.165) is 28.0 Å². The Labute approximate surface area is 288 Å². The number of carbonyl (C=O) groups excluding carboxylic acids is 3. The highest BCUT2D eigenvalue weighted by atomic mass is 32.2. The van der Waals surface area contributed by atoms with E-state index >= 15 is 0 Å². The number of amides is 1. The summed E-state index contributed by atoms with van der Waals surface area (Å²) in [6.45, 7) is 9.48. The van der Waals surface area contributed by atoms with E-state index in [-0.39, 0.29) is 18.8 Å². The fourth-order valence-corrected chi connectivity index (χ4v) is 6.83. The van der Waals surface area contributed by atoms with E-state index in [0.29, 0.717) is 6.61 Å². The first-order chi connectivity index (χ1) is 23.0. The molecular weight excluding hydrogens is 623 g/mol. The molecule has 8 heteroatoms. The van der Waals surface area contributed by atoms with Crippen molar-refractivity contribution in [2.24, 2.45) is 5.92 Å². The van der Waals surface area contributed by atoms with Gasteiger partial charge in [0.25, 0.3) is 0 Å². The quantitative estimate of drug-likeness (QED) is 0.103. The van der Waals surface area contributed by atoms with Crippen molar-refractivity contribution < 1.29 is 28.6 Å². The Kier molecular flexibility index (Phi) is 12.9. The van der Waals surface area contributed by atoms with Crippen LogP contribution in [0.15, 0.2) is 115 Å². The van der Waals surface area contributed by atoms with Gasteiger partial charge in [0.15, 0.2) is 0 Å². The molecule has 252 valence electrons. The molecule has 0 aliphatic rings. The van der Waals surface area contributed by atoms with Gasteiger partial charge < -0.3 is 19.5 Å². The number of esters is 2. The third kappa shape index (κ3) is 9.97. The number of carbonyl (C=O) groups is 3. The third-order valence-corrected chi connectivity index (χ3v) is 9.20. The van der Waals surface area contributed by atoms with Crippen molar-refractivity contribution in [2.45, 2.75) is 64.0 Å². The first kappa shape index (κ1) is 36.3. The van der Waals surface area contributed by atoms with Gasteiger partial charge in [0, 0.05) is 11.7 Å². The van der Waals surface area contributed by atoms with Crippen molar-refractivity contribution >= 4 is 29.6 Å². The number of nitrogens with one attached hydrogen (secondary N) is 1. The van der Waals surface area contributed by atoms with Crippen LogP contribution < -0.4 is 10.1 Å². The molecule has 4 rings (SSSR count). The van der Waals surface area contributed by atoms with Crippen LogP contribution in [-0.2, 0) is 35.2 Å². The molecule has 0 aromatic heterocycles. The Balaban J connectivity index is 1.64. The van der Waals surface area contributed by atoms with E-state index in [2.05, 4.69) is 41.7 Å². The molecule has 1 N–H and O–H groups in total. The fraction of sp³-hybridized carbons (Fsp3) is 0.325. The second kappa shape index (κ2) is 17.0. The molecule has 7 nitrogen and oxygen atoms in total. The van der Waals surface area contributed by atoms with Crippen LogP contribution in [0.3, 0.4) is 0 Å². The second-order valence-corrected chi connectivity index (χ2v) is 13.8. The number of benzene rings is 4. The van der Waals surface area contributed by atoms with Gasteiger partial charge in [0.1, 0.15) is 24.0 Å². The van der Waals surface area contributed by atoms with Gasteiger partial charge in [-0.3, -0.25) is 9.59 Å². The maximum atomic E-state index is 13.8. The topological polar surface area (TPSA) is 90.9 Å². The maximum Gasteiger partial charge on any atom is 0.329 e. The number of rotatable bonds is 15. The highest BCUT2D eigenvalue weighted by Crippen LogP contribution is 2.48. The summed E-state index contributed by atoms with van der Waals surface area (Å²) in [5, 5.41) is 2.91. The lowest BCUT2D eigenvalue weighted by Crippen LogP contribution is -2.47. The smallest absolute Gasteiger partial charge is 0.329 e. The SMILES string of the molecule is CCOc1ccc(COC(=O)[C@H](CSC(c2ccccc2)(c2ccccc2)c2ccccc2)NC(=O)[C@@H](C)CC(=O)OC(C)(C)C)cc1. The number of hydrogen-bond acceptors (Lipinski definition) is 7. The molecule has 4 aromatic carbocycles. The lowest BCUT2D eigenvalue weighted by molar-refractivity contribution is -0.157. The highest BCUT2D eigenvalue weighted by molar-refractivity contribution is 8.00. The summed E-state index contributed by atoms with van der Waals surface area (Å²) in [6.07, 6.45) is -0.119. The predicted molar refractivity (Wildman–Crippen MR) is 191 cm³/mol. The number of ether oxygens (including phenoxy) is 3. The van der Waals surface area contributed by atoms with E-state index in [1.165, 1.54) is 0 Å². The van der Waals surface area contributed by atoms with Crippen molar-refractivity contribution in [1.29, 1.82) is 0 Å². The van der Waals surface area contributed by atoms with Crippen LogP contribution >= 0.6 is 11.8 Å². The van der Waals surface area contributed by atoms with Gasteiger partial charge in [-0.15, -0.1) is 11.8 Å². The van der Waals surface area contributed by atoms with Crippen LogP contribution in [0.5, 0.6) is 5.75 Å². The molecule has 0 unspecified atom stereocenters. The number of hydrogen-bond donors (Lipinski definition) is 1. The summed E-state index contributed by atoms with van der Waals surface area (Å²) < 4.78 is 16.0. The van der Waals surface area contributed by atoms with Gasteiger partial charge in [0.2, 0.25) is 5.91 Å². The van der Waals surface area contributed by atoms with Gasteiger partial charge in [-0.05, 0) is 62.1 Å². The molecule has 0 heterocycles. The molecule has 48 heavy (non-hydrogen) atoms. The fourth-order valence-electron chi connectivity index (χ4n) is 5.29. The Morgan fingerprint density at radius 1 is 0.750 bits per heavy atom. The largest absolute Gasteiger partial charge is 0.494 e. The first-order valence-corrected chi connectivity index (χ1v) is 17.2. The molecule has 0 aliphatic heterocycles. The molecule has 0 radical (unpaired) electrons. The van der Waals surface area contributed by atoms with E-state index in [9.17, 15) is 14.4 Å². The van der Waals surface area contributed by atoms with Gasteiger partial charge in [0.05, 0.1) is 17.8 Å². The minimum atomic E-state index is -1.01. The molecule has 0 saturated heterocycles. The molecule has 0 bridgehead atoms. The molecule has 0 spiro atoms. The van der Waals surface area contributed by atoms with Crippen LogP contribution in [-0.4, -0.2) is 41.8 Å². The molecule has 2 atom stereocenters. The average molecular weight is 668 g/mol. The van der Waals surface area contributed by atoms with Crippen molar-refractivity contribution in [1.82, 2.24) is 5.32 Å². The zero-order chi connectivity index (χ0) is 34.6. The Hall–Kier alpha value is -4.56. The Bertz CT molecular complexity index is 1510. The standard InChI is InChI=1S/C40H45NO6S/c1-6-45-34-24-22-30(23-25-34)27-46-38(44)35(41-37(43)29(2)26-36(42)47-39(3,4)5)28-48-40(31-16-10-7-11-17-31,32-18-12-8-13-19-32)33-20-14-9-15-21-33/h7-25,29,35H,6,26-28H2,1-5H3,(H,41,43)/t29-,35-/m0/s1. The predicted octanol–water partition coefficient (Wildman–Crippen LogP) is 7.71. The second-order valence-electron chi connectivity index (χ2n) is 12.5. The maximum absolute atomic E-state index is 13.8. The normalized spacial score (nSPS) is 12.8. The van der Waals surface area contributed by atoms with Gasteiger partial charge in [-0.2, -0.15) is 0 Å². The summed E-state index contributed by atoms with van der Waals surface area (Å²) in [6, 6.07) is 36.7. The van der Waals surface area contributed by atoms with Gasteiger partial charge in [-0.1, -0.05) is 110 Å². The molecular formula is C40H45NO6S. The lowest BCUT2D eigenvalue weighted by Gasteiger charge is -2.36. The minimum absolute atomic E-state index is 0.0247. The van der Waals surface area contributed by atoms with E-state index < -0.39 is 40.2 Å². The van der Waals surface area contributed by atoms with E-state index in [4.69, 9.17) is 14.2 Å². The Morgan fingerprint density at radius 3 is 1.71 bits per heavy atom. The van der Waals surface area contributed by atoms with Crippen molar-refractivity contribution in [2.75, 3.05) is 12.4 Å². The molecule has 0 saturated carbocycles. The lowest BCUT2D eigenvalue weighted by atomic mass is 9.84. The Morgan fingerprint density at radius 2 is 1.25 bits per heavy atom. The van der Waals surface area contributed by atoms with Crippen molar-refractivity contribution in [3.63, 3.8) is 0 Å². The number of thioether (sulfide) groups is 1. The van der Waals surface area contributed by atoms with Gasteiger partial charge >= 0.3 is 11.9 Å². The molecule has 1 amide bonds. The molecule has 0 aliphatic carbocycles. The van der Waals surface area contributed by atoms with Gasteiger partial charge in [-0.25, -0.2) is 4.79 Å². The van der Waals surface area contributed by atoms with Crippen LogP contribution in [0.4, 0.5) is 0 Å². The van der Waals surface area contributed by atoms with E-state index in [1.807, 2.05) is 85.8 Å². The molecule has 4 aromatic rings. The van der Waals surface area contributed by atoms with Crippen LogP contribution in [0.2, 0.25) is 0 Å². The summed E-state index contributed by atoms with van der Waals surface area (Å²) in [5.41, 5.74) is 3.19. The summed E-state index contributed by atoms with van der Waals surface area (Å²) in [7, 11) is 0. The van der Waals surface area contributed by atoms with Crippen LogP contribution in [0.1, 0.15) is 63.3 Å². The molecule has 0 fully saturated rings.